The molecule has 0 bridgehead atoms. The van der Waals surface area contributed by atoms with E-state index >= 15 is 0 Å². The molecule has 0 unspecified atom stereocenters. The molecule has 0 aromatic heterocycles. The average molecular weight is 441 g/mol. The minimum atomic E-state index is 0. The second kappa shape index (κ2) is 6.74. The molecule has 0 aliphatic carbocycles. The summed E-state index contributed by atoms with van der Waals surface area (Å²) in [4.78, 5) is 4.43. The molecule has 0 aliphatic heterocycles. The molecule has 0 atom stereocenters. The van der Waals surface area contributed by atoms with Gasteiger partial charge in [0.25, 0.3) is 0 Å². The van der Waals surface area contributed by atoms with E-state index in [4.69, 9.17) is 0 Å². The Kier molecular flexibility index (Phi) is 4.98. The van der Waals surface area contributed by atoms with Crippen LogP contribution in [0.4, 0.5) is 5.69 Å². The number of aryl methyl sites for hydroxylation is 1. The van der Waals surface area contributed by atoms with Crippen molar-refractivity contribution < 1.29 is 21.1 Å². The van der Waals surface area contributed by atoms with Crippen molar-refractivity contribution in [1.82, 2.24) is 0 Å². The average Bonchev–Trinajstić information content (AvgIpc) is 2.46. The van der Waals surface area contributed by atoms with Gasteiger partial charge in [0.1, 0.15) is 0 Å². The molecule has 21 heavy (non-hydrogen) atoms. The second-order valence-corrected chi connectivity index (χ2v) is 4.87. The van der Waals surface area contributed by atoms with Gasteiger partial charge in [-0.15, -0.1) is 23.3 Å². The third-order valence-electron chi connectivity index (χ3n) is 3.38. The number of aliphatic imine (C=N–C) groups is 1. The summed E-state index contributed by atoms with van der Waals surface area (Å²) in [5.74, 6) is 0. The first-order chi connectivity index (χ1) is 9.74. The Hall–Kier alpha value is -1.85. The third-order valence-corrected chi connectivity index (χ3v) is 3.38. The molecule has 2 heteroatoms. The molecule has 0 spiro atoms. The van der Waals surface area contributed by atoms with Crippen LogP contribution in [0, 0.1) is 13.8 Å². The molecule has 0 saturated carbocycles. The van der Waals surface area contributed by atoms with Crippen LogP contribution in [-0.4, -0.2) is 6.21 Å². The topological polar surface area (TPSA) is 12.4 Å². The maximum absolute atomic E-state index is 4.43. The molecule has 0 N–H and O–H groups in total. The molecule has 0 aliphatic rings. The second-order valence-electron chi connectivity index (χ2n) is 4.87. The quantitative estimate of drug-likeness (QED) is 0.394. The first-order valence-electron chi connectivity index (χ1n) is 6.61. The smallest absolute Gasteiger partial charge is 0.353 e. The molecular formula is C19H15NW. The van der Waals surface area contributed by atoms with Crippen LogP contribution in [0.25, 0.3) is 10.8 Å². The van der Waals surface area contributed by atoms with E-state index in [9.17, 15) is 0 Å². The number of benzene rings is 3. The van der Waals surface area contributed by atoms with E-state index in [1.807, 2.05) is 30.3 Å². The number of nitrogens with zero attached hydrogens (tertiary/aromatic N) is 1. The number of hydrogen-bond acceptors (Lipinski definition) is 1. The Bertz CT molecular complexity index is 790. The summed E-state index contributed by atoms with van der Waals surface area (Å²) in [5, 5.41) is 2.45. The molecule has 1 nitrogen and oxygen atoms in total. The summed E-state index contributed by atoms with van der Waals surface area (Å²) >= 11 is 0. The Morgan fingerprint density at radius 3 is 2.24 bits per heavy atom. The van der Waals surface area contributed by atoms with Gasteiger partial charge in [-0.2, -0.15) is 18.6 Å². The number of rotatable bonds is 2. The Balaban J connectivity index is 0.00000161. The summed E-state index contributed by atoms with van der Waals surface area (Å²) in [7, 11) is 0. The first kappa shape index (κ1) is 15.5. The minimum absolute atomic E-state index is 0. The summed E-state index contributed by atoms with van der Waals surface area (Å²) in [6.45, 7) is 6.06. The molecule has 0 radical (unpaired) electrons. The van der Waals surface area contributed by atoms with Crippen LogP contribution in [0.15, 0.2) is 65.7 Å². The van der Waals surface area contributed by atoms with Gasteiger partial charge in [0.05, 0.1) is 0 Å². The van der Waals surface area contributed by atoms with Gasteiger partial charge in [-0.3, -0.25) is 0 Å². The molecule has 102 valence electrons. The normalized spacial score (nSPS) is 10.7. The van der Waals surface area contributed by atoms with Crippen molar-refractivity contribution in [2.45, 2.75) is 6.92 Å². The van der Waals surface area contributed by atoms with Gasteiger partial charge in [-0.25, -0.2) is 0 Å². The van der Waals surface area contributed by atoms with Crippen LogP contribution in [0.2, 0.25) is 0 Å². The van der Waals surface area contributed by atoms with Crippen molar-refractivity contribution in [1.29, 1.82) is 0 Å². The van der Waals surface area contributed by atoms with Gasteiger partial charge in [-0.1, -0.05) is 54.8 Å². The zero-order valence-corrected chi connectivity index (χ0v) is 14.8. The standard InChI is InChI=1S/C19H15N.W/c1-14-7-3-6-10-19(14)20-13-18-12-17-9-5-4-8-16(17)11-15(18)2;/h3-12H,1H2,2H3;/q-2;+2. The molecule has 3 aromatic rings. The fourth-order valence-electron chi connectivity index (χ4n) is 2.21. The Labute approximate surface area is 140 Å². The van der Waals surface area contributed by atoms with Crippen molar-refractivity contribution in [3.05, 3.63) is 84.3 Å². The van der Waals surface area contributed by atoms with E-state index < -0.39 is 0 Å². The predicted molar refractivity (Wildman–Crippen MR) is 85.8 cm³/mol. The predicted octanol–water partition coefficient (Wildman–Crippen LogP) is 4.96. The molecule has 3 rings (SSSR count). The first-order valence-corrected chi connectivity index (χ1v) is 6.61. The van der Waals surface area contributed by atoms with Crippen molar-refractivity contribution in [3.8, 4) is 0 Å². The maximum atomic E-state index is 4.43. The van der Waals surface area contributed by atoms with Gasteiger partial charge in [-0.05, 0) is 17.3 Å². The summed E-state index contributed by atoms with van der Waals surface area (Å²) in [6, 6.07) is 20.4. The van der Waals surface area contributed by atoms with E-state index in [1.54, 1.807) is 0 Å². The van der Waals surface area contributed by atoms with Crippen LogP contribution in [-0.2, 0) is 21.1 Å². The van der Waals surface area contributed by atoms with Crippen molar-refractivity contribution in [3.63, 3.8) is 0 Å². The van der Waals surface area contributed by atoms with Crippen molar-refractivity contribution >= 4 is 22.7 Å². The van der Waals surface area contributed by atoms with Gasteiger partial charge >= 0.3 is 21.1 Å². The fraction of sp³-hybridized carbons (Fsp3) is 0.0526. The number of para-hydroxylation sites is 1. The molecular weight excluding hydrogens is 426 g/mol. The van der Waals surface area contributed by atoms with Gasteiger partial charge < -0.3 is 4.99 Å². The summed E-state index contributed by atoms with van der Waals surface area (Å²) in [5.41, 5.74) is 3.97. The largest absolute Gasteiger partial charge is 2.00 e. The molecule has 0 amide bonds. The van der Waals surface area contributed by atoms with E-state index in [0.717, 1.165) is 16.8 Å². The molecule has 0 fully saturated rings. The third kappa shape index (κ3) is 3.43. The van der Waals surface area contributed by atoms with E-state index in [2.05, 4.69) is 55.4 Å². The van der Waals surface area contributed by atoms with Crippen LogP contribution < -0.4 is 0 Å². The monoisotopic (exact) mass is 441 g/mol. The van der Waals surface area contributed by atoms with Gasteiger partial charge in [0.2, 0.25) is 0 Å². The Morgan fingerprint density at radius 2 is 1.52 bits per heavy atom. The Morgan fingerprint density at radius 1 is 0.905 bits per heavy atom. The van der Waals surface area contributed by atoms with Crippen molar-refractivity contribution in [2.75, 3.05) is 0 Å². The van der Waals surface area contributed by atoms with Crippen LogP contribution in [0.1, 0.15) is 16.7 Å². The number of hydrogen-bond donors (Lipinski definition) is 0. The van der Waals surface area contributed by atoms with Crippen LogP contribution >= 0.6 is 0 Å². The van der Waals surface area contributed by atoms with Crippen LogP contribution in [0.5, 0.6) is 0 Å². The van der Waals surface area contributed by atoms with E-state index in [-0.39, 0.29) is 21.1 Å². The summed E-state index contributed by atoms with van der Waals surface area (Å²) in [6.07, 6.45) is 3.15. The van der Waals surface area contributed by atoms with E-state index in [0.29, 0.717) is 0 Å². The van der Waals surface area contributed by atoms with Crippen molar-refractivity contribution in [2.24, 2.45) is 4.99 Å². The maximum Gasteiger partial charge on any atom is 2.00 e. The molecule has 3 aromatic carbocycles. The number of fused-ring (bicyclic) bond motifs is 1. The fourth-order valence-corrected chi connectivity index (χ4v) is 2.21. The van der Waals surface area contributed by atoms with Gasteiger partial charge in [0.15, 0.2) is 0 Å². The molecule has 0 heterocycles. The zero-order valence-electron chi connectivity index (χ0n) is 11.8. The van der Waals surface area contributed by atoms with Gasteiger partial charge in [0, 0.05) is 0 Å². The minimum Gasteiger partial charge on any atom is -0.353 e. The molecule has 0 saturated heterocycles. The summed E-state index contributed by atoms with van der Waals surface area (Å²) < 4.78 is 0. The van der Waals surface area contributed by atoms with Crippen LogP contribution in [0.3, 0.4) is 0 Å². The SMILES string of the molecule is [CH2-]c1ccccc1N=[C-]c1cc2ccccc2cc1C.[W+2]. The zero-order chi connectivity index (χ0) is 13.9. The van der Waals surface area contributed by atoms with E-state index in [1.165, 1.54) is 16.3 Å².